The molecule has 0 amide bonds. The summed E-state index contributed by atoms with van der Waals surface area (Å²) in [6, 6.07) is 18.8. The van der Waals surface area contributed by atoms with Crippen molar-refractivity contribution in [2.75, 3.05) is 0 Å². The largest absolute Gasteiger partial charge is 0.113 e. The zero-order valence-corrected chi connectivity index (χ0v) is 11.5. The van der Waals surface area contributed by atoms with E-state index in [2.05, 4.69) is 43.3 Å². The number of alkyl halides is 1. The highest BCUT2D eigenvalue weighted by Crippen LogP contribution is 2.31. The molecular weight excluding hydrogens is 240 g/mol. The molecular formula is C17H19Cl. The van der Waals surface area contributed by atoms with E-state index in [1.165, 1.54) is 29.5 Å². The van der Waals surface area contributed by atoms with Crippen molar-refractivity contribution >= 4 is 11.6 Å². The highest BCUT2D eigenvalue weighted by molar-refractivity contribution is 6.22. The molecule has 94 valence electrons. The Bertz CT molecular complexity index is 476. The van der Waals surface area contributed by atoms with Crippen LogP contribution in [0.2, 0.25) is 0 Å². The Hall–Kier alpha value is -1.27. The number of benzene rings is 2. The number of aryl methyl sites for hydroxylation is 1. The average molecular weight is 259 g/mol. The summed E-state index contributed by atoms with van der Waals surface area (Å²) in [6.45, 7) is 2.22. The van der Waals surface area contributed by atoms with Gasteiger partial charge in [0.25, 0.3) is 0 Å². The van der Waals surface area contributed by atoms with Crippen LogP contribution in [0.25, 0.3) is 0 Å². The fourth-order valence-electron chi connectivity index (χ4n) is 2.18. The molecule has 0 radical (unpaired) electrons. The van der Waals surface area contributed by atoms with Crippen molar-refractivity contribution in [3.05, 3.63) is 71.3 Å². The van der Waals surface area contributed by atoms with E-state index >= 15 is 0 Å². The molecule has 0 aliphatic heterocycles. The van der Waals surface area contributed by atoms with Crippen molar-refractivity contribution in [2.24, 2.45) is 0 Å². The molecule has 0 aliphatic rings. The predicted octanol–water partition coefficient (Wildman–Crippen LogP) is 5.36. The molecule has 0 aliphatic carbocycles. The van der Waals surface area contributed by atoms with Crippen LogP contribution in [0.4, 0.5) is 0 Å². The van der Waals surface area contributed by atoms with E-state index in [1.807, 2.05) is 18.2 Å². The van der Waals surface area contributed by atoms with E-state index in [9.17, 15) is 0 Å². The van der Waals surface area contributed by atoms with Gasteiger partial charge >= 0.3 is 0 Å². The summed E-state index contributed by atoms with van der Waals surface area (Å²) in [5.41, 5.74) is 3.80. The van der Waals surface area contributed by atoms with Gasteiger partial charge in [-0.1, -0.05) is 67.9 Å². The van der Waals surface area contributed by atoms with Crippen LogP contribution in [-0.4, -0.2) is 0 Å². The quantitative estimate of drug-likeness (QED) is 0.634. The molecule has 0 fully saturated rings. The van der Waals surface area contributed by atoms with Gasteiger partial charge in [0, 0.05) is 0 Å². The van der Waals surface area contributed by atoms with E-state index < -0.39 is 0 Å². The minimum Gasteiger partial charge on any atom is -0.113 e. The molecule has 0 N–H and O–H groups in total. The first kappa shape index (κ1) is 13.2. The first-order valence-corrected chi connectivity index (χ1v) is 7.03. The van der Waals surface area contributed by atoms with Gasteiger partial charge in [0.15, 0.2) is 0 Å². The monoisotopic (exact) mass is 258 g/mol. The van der Waals surface area contributed by atoms with Crippen molar-refractivity contribution in [1.82, 2.24) is 0 Å². The summed E-state index contributed by atoms with van der Waals surface area (Å²) in [6.07, 6.45) is 3.55. The number of rotatable bonds is 5. The summed E-state index contributed by atoms with van der Waals surface area (Å²) in [4.78, 5) is 0. The Morgan fingerprint density at radius 1 is 0.944 bits per heavy atom. The van der Waals surface area contributed by atoms with Crippen LogP contribution in [0.5, 0.6) is 0 Å². The molecule has 0 spiro atoms. The zero-order chi connectivity index (χ0) is 12.8. The van der Waals surface area contributed by atoms with Crippen LogP contribution < -0.4 is 0 Å². The summed E-state index contributed by atoms with van der Waals surface area (Å²) >= 11 is 6.62. The topological polar surface area (TPSA) is 0 Å². The van der Waals surface area contributed by atoms with Crippen LogP contribution in [-0.2, 0) is 6.42 Å². The van der Waals surface area contributed by atoms with Gasteiger partial charge in [0.2, 0.25) is 0 Å². The predicted molar refractivity (Wildman–Crippen MR) is 79.2 cm³/mol. The Balaban J connectivity index is 2.27. The molecule has 1 heteroatoms. The van der Waals surface area contributed by atoms with Gasteiger partial charge in [-0.05, 0) is 29.5 Å². The maximum absolute atomic E-state index is 6.62. The van der Waals surface area contributed by atoms with Crippen LogP contribution in [0.15, 0.2) is 54.6 Å². The van der Waals surface area contributed by atoms with Gasteiger partial charge in [-0.2, -0.15) is 0 Å². The van der Waals surface area contributed by atoms with E-state index in [0.29, 0.717) is 0 Å². The zero-order valence-electron chi connectivity index (χ0n) is 10.8. The van der Waals surface area contributed by atoms with Crippen LogP contribution in [0.1, 0.15) is 41.8 Å². The van der Waals surface area contributed by atoms with Crippen LogP contribution >= 0.6 is 11.6 Å². The normalized spacial score (nSPS) is 12.3. The van der Waals surface area contributed by atoms with Gasteiger partial charge in [-0.3, -0.25) is 0 Å². The van der Waals surface area contributed by atoms with Crippen molar-refractivity contribution in [3.8, 4) is 0 Å². The van der Waals surface area contributed by atoms with Crippen LogP contribution in [0, 0.1) is 0 Å². The smallest absolute Gasteiger partial charge is 0.0838 e. The SMILES string of the molecule is CCCCc1ccccc1[C@H](Cl)c1ccccc1. The molecule has 2 rings (SSSR count). The lowest BCUT2D eigenvalue weighted by molar-refractivity contribution is 0.787. The van der Waals surface area contributed by atoms with E-state index in [4.69, 9.17) is 11.6 Å². The molecule has 0 saturated carbocycles. The average Bonchev–Trinajstić information content (AvgIpc) is 2.45. The third-order valence-electron chi connectivity index (χ3n) is 3.22. The number of unbranched alkanes of at least 4 members (excludes halogenated alkanes) is 1. The van der Waals surface area contributed by atoms with E-state index in [-0.39, 0.29) is 5.38 Å². The van der Waals surface area contributed by atoms with Gasteiger partial charge in [-0.15, -0.1) is 11.6 Å². The third-order valence-corrected chi connectivity index (χ3v) is 3.71. The highest BCUT2D eigenvalue weighted by Gasteiger charge is 2.13. The molecule has 0 aromatic heterocycles. The lowest BCUT2D eigenvalue weighted by Crippen LogP contribution is -1.99. The van der Waals surface area contributed by atoms with E-state index in [0.717, 1.165) is 6.42 Å². The second-order valence-corrected chi connectivity index (χ2v) is 5.01. The van der Waals surface area contributed by atoms with Gasteiger partial charge in [0.05, 0.1) is 5.38 Å². The summed E-state index contributed by atoms with van der Waals surface area (Å²) in [7, 11) is 0. The van der Waals surface area contributed by atoms with Crippen LogP contribution in [0.3, 0.4) is 0 Å². The molecule has 0 heterocycles. The molecule has 18 heavy (non-hydrogen) atoms. The first-order chi connectivity index (χ1) is 8.83. The Morgan fingerprint density at radius 3 is 2.33 bits per heavy atom. The Kier molecular flexibility index (Phi) is 4.83. The standard InChI is InChI=1S/C17H19Cl/c1-2-3-9-14-10-7-8-13-16(14)17(18)15-11-5-4-6-12-15/h4-8,10-13,17H,2-3,9H2,1H3/t17-/m1/s1. The first-order valence-electron chi connectivity index (χ1n) is 6.59. The lowest BCUT2D eigenvalue weighted by atomic mass is 9.96. The Labute approximate surface area is 115 Å². The van der Waals surface area contributed by atoms with E-state index in [1.54, 1.807) is 0 Å². The number of hydrogen-bond donors (Lipinski definition) is 0. The van der Waals surface area contributed by atoms with Crippen molar-refractivity contribution in [1.29, 1.82) is 0 Å². The molecule has 0 nitrogen and oxygen atoms in total. The minimum atomic E-state index is -0.0424. The summed E-state index contributed by atoms with van der Waals surface area (Å²) in [5.74, 6) is 0. The lowest BCUT2D eigenvalue weighted by Gasteiger charge is -2.15. The third kappa shape index (κ3) is 3.14. The number of halogens is 1. The Morgan fingerprint density at radius 2 is 1.61 bits per heavy atom. The summed E-state index contributed by atoms with van der Waals surface area (Å²) in [5, 5.41) is -0.0424. The maximum atomic E-state index is 6.62. The molecule has 0 saturated heterocycles. The summed E-state index contributed by atoms with van der Waals surface area (Å²) < 4.78 is 0. The second-order valence-electron chi connectivity index (χ2n) is 4.58. The molecule has 2 aromatic carbocycles. The maximum Gasteiger partial charge on any atom is 0.0838 e. The van der Waals surface area contributed by atoms with Gasteiger partial charge in [-0.25, -0.2) is 0 Å². The molecule has 0 unspecified atom stereocenters. The van der Waals surface area contributed by atoms with Gasteiger partial charge < -0.3 is 0 Å². The fraction of sp³-hybridized carbons (Fsp3) is 0.294. The number of hydrogen-bond acceptors (Lipinski definition) is 0. The second kappa shape index (κ2) is 6.61. The van der Waals surface area contributed by atoms with Crippen molar-refractivity contribution in [3.63, 3.8) is 0 Å². The molecule has 1 atom stereocenters. The fourth-order valence-corrected chi connectivity index (χ4v) is 2.54. The minimum absolute atomic E-state index is 0.0424. The molecule has 2 aromatic rings. The molecule has 0 bridgehead atoms. The van der Waals surface area contributed by atoms with Crippen molar-refractivity contribution < 1.29 is 0 Å². The van der Waals surface area contributed by atoms with Gasteiger partial charge in [0.1, 0.15) is 0 Å². The highest BCUT2D eigenvalue weighted by atomic mass is 35.5. The van der Waals surface area contributed by atoms with Crippen molar-refractivity contribution in [2.45, 2.75) is 31.6 Å².